The number of aromatic amines is 1. The standard InChI is InChI=1S/C25H30N4O/c1-17-14-21(28-13-10-22(16-28)29-12-3-4-18(29)2)6-8-23(17)27-25(30)20-5-7-24-19(15-20)9-11-26-24/h5-9,11,14-15,18,22,26H,3-4,10,12-13,16H2,1-2H3,(H,27,30)/t18-,22-/m0/s1. The number of H-pyrrole nitrogens is 1. The van der Waals surface area contributed by atoms with Crippen LogP contribution in [0.4, 0.5) is 11.4 Å². The molecule has 2 aliphatic rings. The molecule has 0 unspecified atom stereocenters. The van der Waals surface area contributed by atoms with Crippen molar-refractivity contribution in [3.8, 4) is 0 Å². The summed E-state index contributed by atoms with van der Waals surface area (Å²) in [7, 11) is 0. The van der Waals surface area contributed by atoms with E-state index in [-0.39, 0.29) is 5.91 Å². The van der Waals surface area contributed by atoms with Gasteiger partial charge in [0.2, 0.25) is 0 Å². The quantitative estimate of drug-likeness (QED) is 0.660. The average molecular weight is 403 g/mol. The van der Waals surface area contributed by atoms with Gasteiger partial charge in [0, 0.05) is 59.2 Å². The van der Waals surface area contributed by atoms with Crippen LogP contribution in [-0.2, 0) is 0 Å². The summed E-state index contributed by atoms with van der Waals surface area (Å²) < 4.78 is 0. The molecule has 5 rings (SSSR count). The van der Waals surface area contributed by atoms with E-state index in [1.165, 1.54) is 31.5 Å². The monoisotopic (exact) mass is 402 g/mol. The van der Waals surface area contributed by atoms with Crippen LogP contribution < -0.4 is 10.2 Å². The second-order valence-corrected chi connectivity index (χ2v) is 8.85. The molecule has 30 heavy (non-hydrogen) atoms. The summed E-state index contributed by atoms with van der Waals surface area (Å²) in [4.78, 5) is 21.1. The Morgan fingerprint density at radius 1 is 1.10 bits per heavy atom. The Labute approximate surface area is 178 Å². The van der Waals surface area contributed by atoms with Crippen molar-refractivity contribution in [1.82, 2.24) is 9.88 Å². The fraction of sp³-hybridized carbons (Fsp3) is 0.400. The van der Waals surface area contributed by atoms with Crippen LogP contribution in [0.5, 0.6) is 0 Å². The molecule has 0 saturated carbocycles. The third-order valence-corrected chi connectivity index (χ3v) is 6.88. The van der Waals surface area contributed by atoms with Gasteiger partial charge in [-0.05, 0) is 87.7 Å². The number of nitrogens with zero attached hydrogens (tertiary/aromatic N) is 2. The minimum atomic E-state index is -0.0711. The number of aryl methyl sites for hydroxylation is 1. The topological polar surface area (TPSA) is 51.4 Å². The van der Waals surface area contributed by atoms with Crippen LogP contribution >= 0.6 is 0 Å². The number of hydrogen-bond acceptors (Lipinski definition) is 3. The zero-order chi connectivity index (χ0) is 20.7. The molecule has 5 nitrogen and oxygen atoms in total. The third-order valence-electron chi connectivity index (χ3n) is 6.88. The van der Waals surface area contributed by atoms with Crippen LogP contribution in [-0.4, -0.2) is 47.5 Å². The van der Waals surface area contributed by atoms with Gasteiger partial charge < -0.3 is 15.2 Å². The molecule has 2 fully saturated rings. The number of benzene rings is 2. The number of aromatic nitrogens is 1. The average Bonchev–Trinajstić information content (AvgIpc) is 3.48. The number of carbonyl (C=O) groups is 1. The summed E-state index contributed by atoms with van der Waals surface area (Å²) in [5, 5.41) is 4.13. The summed E-state index contributed by atoms with van der Waals surface area (Å²) in [6.07, 6.45) is 5.80. The van der Waals surface area contributed by atoms with Crippen molar-refractivity contribution in [2.24, 2.45) is 0 Å². The molecule has 5 heteroatoms. The number of amides is 1. The lowest BCUT2D eigenvalue weighted by Crippen LogP contribution is -2.39. The van der Waals surface area contributed by atoms with Crippen LogP contribution in [0.25, 0.3) is 10.9 Å². The lowest BCUT2D eigenvalue weighted by Gasteiger charge is -2.28. The van der Waals surface area contributed by atoms with Crippen LogP contribution in [0.15, 0.2) is 48.7 Å². The maximum Gasteiger partial charge on any atom is 0.255 e. The summed E-state index contributed by atoms with van der Waals surface area (Å²) in [5.74, 6) is -0.0711. The number of likely N-dealkylation sites (tertiary alicyclic amines) is 1. The van der Waals surface area contributed by atoms with E-state index in [4.69, 9.17) is 0 Å². The highest BCUT2D eigenvalue weighted by molar-refractivity contribution is 6.06. The predicted molar refractivity (Wildman–Crippen MR) is 123 cm³/mol. The molecule has 1 amide bonds. The first-order valence-electron chi connectivity index (χ1n) is 11.1. The molecule has 2 saturated heterocycles. The molecule has 3 aromatic rings. The SMILES string of the molecule is Cc1cc(N2CC[C@H](N3CCC[C@@H]3C)C2)ccc1NC(=O)c1ccc2[nH]ccc2c1. The minimum absolute atomic E-state index is 0.0711. The van der Waals surface area contributed by atoms with Gasteiger partial charge in [0.1, 0.15) is 0 Å². The Hall–Kier alpha value is -2.79. The smallest absolute Gasteiger partial charge is 0.255 e. The minimum Gasteiger partial charge on any atom is -0.370 e. The molecule has 1 aromatic heterocycles. The molecular formula is C25H30N4O. The van der Waals surface area contributed by atoms with E-state index in [1.807, 2.05) is 36.5 Å². The van der Waals surface area contributed by atoms with E-state index in [2.05, 4.69) is 46.1 Å². The van der Waals surface area contributed by atoms with Crippen molar-refractivity contribution in [3.05, 3.63) is 59.8 Å². The number of anilines is 2. The van der Waals surface area contributed by atoms with E-state index in [9.17, 15) is 4.79 Å². The fourth-order valence-electron chi connectivity index (χ4n) is 5.12. The van der Waals surface area contributed by atoms with Gasteiger partial charge in [0.05, 0.1) is 0 Å². The highest BCUT2D eigenvalue weighted by atomic mass is 16.1. The van der Waals surface area contributed by atoms with E-state index in [0.29, 0.717) is 11.6 Å². The van der Waals surface area contributed by atoms with Gasteiger partial charge in [-0.1, -0.05) is 0 Å². The van der Waals surface area contributed by atoms with E-state index in [0.717, 1.165) is 41.3 Å². The van der Waals surface area contributed by atoms with Crippen molar-refractivity contribution in [1.29, 1.82) is 0 Å². The van der Waals surface area contributed by atoms with Crippen molar-refractivity contribution >= 4 is 28.2 Å². The molecule has 0 spiro atoms. The molecule has 156 valence electrons. The molecule has 3 heterocycles. The molecule has 2 atom stereocenters. The van der Waals surface area contributed by atoms with Crippen molar-refractivity contribution in [2.75, 3.05) is 29.9 Å². The highest BCUT2D eigenvalue weighted by Crippen LogP contribution is 2.30. The Balaban J connectivity index is 1.27. The molecule has 0 aliphatic carbocycles. The lowest BCUT2D eigenvalue weighted by atomic mass is 10.1. The number of rotatable bonds is 4. The Morgan fingerprint density at radius 2 is 2.00 bits per heavy atom. The first-order valence-corrected chi connectivity index (χ1v) is 11.1. The van der Waals surface area contributed by atoms with Crippen LogP contribution in [0.2, 0.25) is 0 Å². The summed E-state index contributed by atoms with van der Waals surface area (Å²) in [6.45, 7) is 7.90. The van der Waals surface area contributed by atoms with Gasteiger partial charge in [0.15, 0.2) is 0 Å². The molecule has 0 bridgehead atoms. The summed E-state index contributed by atoms with van der Waals surface area (Å²) >= 11 is 0. The molecular weight excluding hydrogens is 372 g/mol. The Morgan fingerprint density at radius 3 is 2.80 bits per heavy atom. The number of hydrogen-bond donors (Lipinski definition) is 2. The maximum atomic E-state index is 12.8. The molecule has 2 aliphatic heterocycles. The third kappa shape index (κ3) is 3.58. The first kappa shape index (κ1) is 19.2. The second-order valence-electron chi connectivity index (χ2n) is 8.85. The van der Waals surface area contributed by atoms with Gasteiger partial charge in [-0.25, -0.2) is 0 Å². The van der Waals surface area contributed by atoms with Gasteiger partial charge in [0.25, 0.3) is 5.91 Å². The Bertz CT molecular complexity index is 1070. The van der Waals surface area contributed by atoms with Gasteiger partial charge in [-0.15, -0.1) is 0 Å². The largest absolute Gasteiger partial charge is 0.370 e. The van der Waals surface area contributed by atoms with Crippen LogP contribution in [0.1, 0.15) is 42.1 Å². The van der Waals surface area contributed by atoms with E-state index < -0.39 is 0 Å². The molecule has 0 radical (unpaired) electrons. The second kappa shape index (κ2) is 7.80. The van der Waals surface area contributed by atoms with Gasteiger partial charge >= 0.3 is 0 Å². The zero-order valence-electron chi connectivity index (χ0n) is 17.8. The lowest BCUT2D eigenvalue weighted by molar-refractivity contribution is 0.102. The van der Waals surface area contributed by atoms with Gasteiger partial charge in [-0.2, -0.15) is 0 Å². The van der Waals surface area contributed by atoms with Crippen LogP contribution in [0, 0.1) is 6.92 Å². The van der Waals surface area contributed by atoms with Crippen molar-refractivity contribution < 1.29 is 4.79 Å². The fourth-order valence-corrected chi connectivity index (χ4v) is 5.12. The van der Waals surface area contributed by atoms with Gasteiger partial charge in [-0.3, -0.25) is 9.69 Å². The normalized spacial score (nSPS) is 22.1. The molecule has 2 N–H and O–H groups in total. The predicted octanol–water partition coefficient (Wildman–Crippen LogP) is 4.79. The zero-order valence-corrected chi connectivity index (χ0v) is 17.8. The van der Waals surface area contributed by atoms with Crippen molar-refractivity contribution in [3.63, 3.8) is 0 Å². The number of nitrogens with one attached hydrogen (secondary N) is 2. The maximum absolute atomic E-state index is 12.8. The van der Waals surface area contributed by atoms with E-state index in [1.54, 1.807) is 0 Å². The van der Waals surface area contributed by atoms with Crippen LogP contribution in [0.3, 0.4) is 0 Å². The van der Waals surface area contributed by atoms with Crippen molar-refractivity contribution in [2.45, 2.75) is 45.2 Å². The molecule has 2 aromatic carbocycles. The number of carbonyl (C=O) groups excluding carboxylic acids is 1. The first-order chi connectivity index (χ1) is 14.6. The summed E-state index contributed by atoms with van der Waals surface area (Å²) in [6, 6.07) is 15.5. The highest BCUT2D eigenvalue weighted by Gasteiger charge is 2.32. The summed E-state index contributed by atoms with van der Waals surface area (Å²) in [5.41, 5.74) is 4.95. The number of fused-ring (bicyclic) bond motifs is 1. The van der Waals surface area contributed by atoms with E-state index >= 15 is 0 Å². The Kier molecular flexibility index (Phi) is 4.99.